The number of carbonyl (C=O) groups is 2. The van der Waals surface area contributed by atoms with Crippen molar-refractivity contribution in [1.29, 1.82) is 0 Å². The number of halogens is 1. The van der Waals surface area contributed by atoms with E-state index in [-0.39, 0.29) is 29.2 Å². The number of carbonyl (C=O) groups excluding carboxylic acids is 2. The van der Waals surface area contributed by atoms with Crippen molar-refractivity contribution in [2.24, 2.45) is 12.5 Å². The molecular weight excluding hydrogens is 682 g/mol. The number of rotatable bonds is 8. The lowest BCUT2D eigenvalue weighted by Crippen LogP contribution is -2.51. The number of piperidine rings is 1. The highest BCUT2D eigenvalue weighted by atomic mass is 32.1. The molecule has 0 atom stereocenters. The monoisotopic (exact) mass is 725 g/mol. The first-order valence-corrected chi connectivity index (χ1v) is 18.9. The maximum atomic E-state index is 15.6. The third kappa shape index (κ3) is 6.56. The molecule has 0 bridgehead atoms. The van der Waals surface area contributed by atoms with Gasteiger partial charge in [-0.3, -0.25) is 19.3 Å². The van der Waals surface area contributed by atoms with Crippen molar-refractivity contribution < 1.29 is 23.5 Å². The van der Waals surface area contributed by atoms with Gasteiger partial charge in [-0.2, -0.15) is 0 Å². The van der Waals surface area contributed by atoms with Crippen LogP contribution in [0.1, 0.15) is 76.3 Å². The van der Waals surface area contributed by atoms with Gasteiger partial charge in [-0.25, -0.2) is 9.37 Å². The minimum Gasteiger partial charge on any atom is -0.461 e. The summed E-state index contributed by atoms with van der Waals surface area (Å²) in [4.78, 5) is 50.3. The molecular formula is C40H44FN5O5S. The van der Waals surface area contributed by atoms with E-state index in [0.29, 0.717) is 58.0 Å². The van der Waals surface area contributed by atoms with E-state index in [1.165, 1.54) is 39.6 Å². The molecule has 6 heterocycles. The van der Waals surface area contributed by atoms with E-state index in [4.69, 9.17) is 9.47 Å². The zero-order valence-corrected chi connectivity index (χ0v) is 30.9. The molecule has 272 valence electrons. The van der Waals surface area contributed by atoms with Crippen LogP contribution in [0.25, 0.3) is 11.1 Å². The number of benzene rings is 1. The Hall–Kier alpha value is -4.39. The van der Waals surface area contributed by atoms with Crippen LogP contribution in [0.5, 0.6) is 0 Å². The number of amides is 1. The Morgan fingerprint density at radius 1 is 1.10 bits per heavy atom. The molecule has 3 aromatic heterocycles. The van der Waals surface area contributed by atoms with Crippen molar-refractivity contribution in [3.05, 3.63) is 90.9 Å². The molecule has 0 saturated carbocycles. The van der Waals surface area contributed by atoms with Crippen molar-refractivity contribution in [1.82, 2.24) is 14.5 Å². The molecule has 0 unspecified atom stereocenters. The second kappa shape index (κ2) is 13.5. The van der Waals surface area contributed by atoms with Gasteiger partial charge >= 0.3 is 5.97 Å². The van der Waals surface area contributed by atoms with E-state index >= 15 is 4.39 Å². The summed E-state index contributed by atoms with van der Waals surface area (Å²) in [5.41, 5.74) is 5.53. The van der Waals surface area contributed by atoms with Gasteiger partial charge in [-0.1, -0.05) is 19.9 Å². The topological polar surface area (TPSA) is 106 Å². The summed E-state index contributed by atoms with van der Waals surface area (Å²) in [6, 6.07) is 8.87. The van der Waals surface area contributed by atoms with Crippen LogP contribution in [0.3, 0.4) is 0 Å². The number of hydrogen-bond donors (Lipinski definition) is 1. The van der Waals surface area contributed by atoms with Crippen LogP contribution in [0, 0.1) is 11.2 Å². The molecule has 12 heteroatoms. The second-order valence-corrected chi connectivity index (χ2v) is 16.5. The highest BCUT2D eigenvalue weighted by molar-refractivity contribution is 7.14. The molecule has 10 nitrogen and oxygen atoms in total. The summed E-state index contributed by atoms with van der Waals surface area (Å²) in [6.07, 6.45) is 8.19. The molecule has 2 saturated heterocycles. The van der Waals surface area contributed by atoms with Crippen molar-refractivity contribution >= 4 is 40.4 Å². The first kappa shape index (κ1) is 34.7. The first-order chi connectivity index (χ1) is 24.9. The van der Waals surface area contributed by atoms with E-state index in [9.17, 15) is 14.4 Å². The number of ether oxygens (including phenoxy) is 2. The van der Waals surface area contributed by atoms with Crippen LogP contribution in [0.4, 0.5) is 21.6 Å². The number of esters is 1. The Balaban J connectivity index is 1.08. The van der Waals surface area contributed by atoms with Gasteiger partial charge in [0, 0.05) is 48.9 Å². The molecule has 0 radical (unpaired) electrons. The summed E-state index contributed by atoms with van der Waals surface area (Å²) in [5.74, 6) is -0.267. The van der Waals surface area contributed by atoms with Crippen LogP contribution >= 0.6 is 11.3 Å². The third-order valence-corrected chi connectivity index (χ3v) is 12.4. The van der Waals surface area contributed by atoms with Gasteiger partial charge < -0.3 is 24.3 Å². The lowest BCUT2D eigenvalue weighted by Gasteiger charge is -2.41. The van der Waals surface area contributed by atoms with Crippen molar-refractivity contribution in [3.63, 3.8) is 0 Å². The number of aryl methyl sites for hydroxylation is 1. The maximum absolute atomic E-state index is 15.6. The van der Waals surface area contributed by atoms with Gasteiger partial charge in [0.2, 0.25) is 0 Å². The van der Waals surface area contributed by atoms with Crippen molar-refractivity contribution in [2.75, 3.05) is 43.1 Å². The number of anilines is 3. The Labute approximate surface area is 306 Å². The Morgan fingerprint density at radius 3 is 2.58 bits per heavy atom. The van der Waals surface area contributed by atoms with Gasteiger partial charge in [-0.15, -0.1) is 11.3 Å². The summed E-state index contributed by atoms with van der Waals surface area (Å²) < 4.78 is 27.9. The molecule has 1 N–H and O–H groups in total. The molecule has 8 rings (SSSR count). The predicted molar refractivity (Wildman–Crippen MR) is 199 cm³/mol. The fourth-order valence-corrected chi connectivity index (χ4v) is 9.85. The number of fused-ring (bicyclic) bond motifs is 3. The molecule has 0 spiro atoms. The minimum absolute atomic E-state index is 0.171. The van der Waals surface area contributed by atoms with Crippen LogP contribution in [0.15, 0.2) is 47.5 Å². The summed E-state index contributed by atoms with van der Waals surface area (Å²) in [5, 5.41) is 3.19. The zero-order chi connectivity index (χ0) is 36.3. The largest absolute Gasteiger partial charge is 0.461 e. The number of hydrogen-bond acceptors (Lipinski definition) is 9. The van der Waals surface area contributed by atoms with Crippen molar-refractivity contribution in [3.8, 4) is 11.1 Å². The Morgan fingerprint density at radius 2 is 1.88 bits per heavy atom. The smallest absolute Gasteiger partial charge is 0.302 e. The number of likely N-dealkylation sites (tertiary alicyclic amines) is 1. The SMILES string of the molecule is CC(=O)OCc1c(-c2cc(Nc3ccc(C4CCN(C5COC5)CC4)cn3)c(=O)n(C)c2)cc(F)cc1N1CCc2c(sc3c2CC(C)(C)C3)C1=O. The summed E-state index contributed by atoms with van der Waals surface area (Å²) in [7, 11) is 1.63. The van der Waals surface area contributed by atoms with E-state index in [0.717, 1.165) is 57.6 Å². The van der Waals surface area contributed by atoms with Gasteiger partial charge in [-0.05, 0) is 103 Å². The fraction of sp³-hybridized carbons (Fsp3) is 0.450. The molecule has 3 aliphatic heterocycles. The van der Waals surface area contributed by atoms with E-state index in [2.05, 4.69) is 35.1 Å². The van der Waals surface area contributed by atoms with Gasteiger partial charge in [0.25, 0.3) is 11.5 Å². The van der Waals surface area contributed by atoms with Gasteiger partial charge in [0.1, 0.15) is 23.9 Å². The third-order valence-electron chi connectivity index (χ3n) is 11.1. The van der Waals surface area contributed by atoms with Gasteiger partial charge in [0.15, 0.2) is 0 Å². The highest BCUT2D eigenvalue weighted by Gasteiger charge is 2.39. The average molecular weight is 726 g/mol. The molecule has 52 heavy (non-hydrogen) atoms. The molecule has 1 amide bonds. The maximum Gasteiger partial charge on any atom is 0.302 e. The van der Waals surface area contributed by atoms with E-state index < -0.39 is 11.8 Å². The summed E-state index contributed by atoms with van der Waals surface area (Å²) in [6.45, 7) is 9.78. The average Bonchev–Trinajstić information content (AvgIpc) is 3.58. The lowest BCUT2D eigenvalue weighted by atomic mass is 9.89. The highest BCUT2D eigenvalue weighted by Crippen LogP contribution is 2.46. The standard InChI is InChI=1S/C40H44FN5O5S/c1-23(47)51-22-32-30(14-27(41)15-34(32)46-12-9-29-31-16-40(2,3)17-35(31)52-37(29)39(46)49)26-13-33(38(48)44(4)19-26)43-36-6-5-25(18-42-36)24-7-10-45(11-8-24)28-20-50-21-28/h5-6,13-15,18-19,24,28H,7-12,16-17,20-22H2,1-4H3,(H,42,43). The second-order valence-electron chi connectivity index (χ2n) is 15.4. The van der Waals surface area contributed by atoms with Crippen LogP contribution in [-0.4, -0.2) is 65.2 Å². The first-order valence-electron chi connectivity index (χ1n) is 18.1. The van der Waals surface area contributed by atoms with Gasteiger partial charge in [0.05, 0.1) is 29.8 Å². The lowest BCUT2D eigenvalue weighted by molar-refractivity contribution is -0.142. The van der Waals surface area contributed by atoms with E-state index in [1.807, 2.05) is 12.3 Å². The molecule has 4 aromatic rings. The fourth-order valence-electron chi connectivity index (χ4n) is 8.28. The molecule has 1 aromatic carbocycles. The number of nitrogens with one attached hydrogen (secondary N) is 1. The Kier molecular flexibility index (Phi) is 9.03. The zero-order valence-electron chi connectivity index (χ0n) is 30.1. The number of nitrogens with zero attached hydrogens (tertiary/aromatic N) is 4. The molecule has 4 aliphatic rings. The van der Waals surface area contributed by atoms with Crippen LogP contribution in [-0.2, 0) is 47.2 Å². The quantitative estimate of drug-likeness (QED) is 0.209. The van der Waals surface area contributed by atoms with Crippen LogP contribution < -0.4 is 15.8 Å². The predicted octanol–water partition coefficient (Wildman–Crippen LogP) is 6.36. The normalized spacial score (nSPS) is 18.9. The number of aromatic nitrogens is 2. The number of pyridine rings is 2. The minimum atomic E-state index is -0.543. The Bertz CT molecular complexity index is 2110. The summed E-state index contributed by atoms with van der Waals surface area (Å²) >= 11 is 1.55. The molecule has 1 aliphatic carbocycles. The molecule has 2 fully saturated rings. The van der Waals surface area contributed by atoms with Crippen LogP contribution in [0.2, 0.25) is 0 Å². The van der Waals surface area contributed by atoms with Crippen molar-refractivity contribution in [2.45, 2.75) is 71.4 Å². The van der Waals surface area contributed by atoms with E-state index in [1.54, 1.807) is 35.5 Å². The number of thiophene rings is 1.